The average Bonchev–Trinajstić information content (AvgIpc) is 2.98. The smallest absolute Gasteiger partial charge is 0.506 e. The minimum Gasteiger partial charge on any atom is -0.506 e. The van der Waals surface area contributed by atoms with E-state index >= 15 is 0 Å². The van der Waals surface area contributed by atoms with Gasteiger partial charge in [0.2, 0.25) is 0 Å². The Kier molecular flexibility index (Phi) is 9.95. The summed E-state index contributed by atoms with van der Waals surface area (Å²) < 4.78 is 33.8. The van der Waals surface area contributed by atoms with E-state index in [-0.39, 0.29) is 75.5 Å². The van der Waals surface area contributed by atoms with Crippen LogP contribution in [-0.2, 0) is 19.9 Å². The van der Waals surface area contributed by atoms with Gasteiger partial charge < -0.3 is 10.2 Å². The van der Waals surface area contributed by atoms with Gasteiger partial charge in [-0.25, -0.2) is 4.18 Å². The Morgan fingerprint density at radius 3 is 1.67 bits per heavy atom. The van der Waals surface area contributed by atoms with E-state index in [2.05, 4.69) is 63.7 Å². The third-order valence-electron chi connectivity index (χ3n) is 5.41. The summed E-state index contributed by atoms with van der Waals surface area (Å²) in [6.45, 7) is 3.54. The maximum atomic E-state index is 13.1. The molecule has 1 aliphatic heterocycles. The predicted molar refractivity (Wildman–Crippen MR) is 131 cm³/mol. The number of benzene rings is 3. The van der Waals surface area contributed by atoms with Crippen molar-refractivity contribution in [2.45, 2.75) is 24.3 Å². The summed E-state index contributed by atoms with van der Waals surface area (Å²) in [5, 5.41) is 20.8. The van der Waals surface area contributed by atoms with Crippen molar-refractivity contribution in [2.24, 2.45) is 0 Å². The molecular weight excluding hydrogens is 730 g/mol. The van der Waals surface area contributed by atoms with Crippen molar-refractivity contribution in [1.29, 1.82) is 0 Å². The molecule has 0 amide bonds. The minimum atomic E-state index is -4.10. The second kappa shape index (κ2) is 10.8. The van der Waals surface area contributed by atoms with Crippen LogP contribution in [0.5, 0.6) is 11.5 Å². The molecule has 0 fully saturated rings. The minimum absolute atomic E-state index is 0. The molecule has 2 N–H and O–H groups in total. The molecule has 5 nitrogen and oxygen atoms in total. The van der Waals surface area contributed by atoms with Crippen molar-refractivity contribution in [3.8, 4) is 11.5 Å². The quantitative estimate of drug-likeness (QED) is 0.300. The van der Waals surface area contributed by atoms with Crippen molar-refractivity contribution in [3.63, 3.8) is 0 Å². The van der Waals surface area contributed by atoms with Crippen LogP contribution >= 0.6 is 63.7 Å². The van der Waals surface area contributed by atoms with Gasteiger partial charge in [0.15, 0.2) is 5.60 Å². The number of rotatable bonds is 2. The molecule has 0 spiro atoms. The molecule has 4 rings (SSSR count). The van der Waals surface area contributed by atoms with E-state index in [1.165, 1.54) is 6.07 Å². The number of fused-ring (bicyclic) bond motifs is 1. The molecule has 3 aromatic carbocycles. The van der Waals surface area contributed by atoms with Crippen LogP contribution < -0.4 is 59.1 Å². The van der Waals surface area contributed by atoms with Crippen LogP contribution in [0.1, 0.15) is 27.8 Å². The van der Waals surface area contributed by atoms with Crippen molar-refractivity contribution in [2.75, 3.05) is 0 Å². The number of hydrogen-bond acceptors (Lipinski definition) is 5. The molecule has 1 aliphatic rings. The van der Waals surface area contributed by atoms with E-state index in [0.29, 0.717) is 45.7 Å². The number of aromatic hydroxyl groups is 2. The maximum absolute atomic E-state index is 13.1. The summed E-state index contributed by atoms with van der Waals surface area (Å²) in [5.74, 6) is -0.00865. The van der Waals surface area contributed by atoms with Crippen LogP contribution in [0.3, 0.4) is 0 Å². The SMILES string of the molecule is Cc1c(C2(c3cc(Br)c(O)c(Br)c3C)OS(=O)(=O)c3ccccc32)cc(Br)c(O)c1Br.[Na+].[Na+]. The summed E-state index contributed by atoms with van der Waals surface area (Å²) in [5.41, 5.74) is 1.13. The van der Waals surface area contributed by atoms with E-state index in [9.17, 15) is 18.6 Å². The van der Waals surface area contributed by atoms with Gasteiger partial charge in [-0.05, 0) is 118 Å². The van der Waals surface area contributed by atoms with Gasteiger partial charge in [0, 0.05) is 5.56 Å². The normalized spacial score (nSPS) is 15.3. The van der Waals surface area contributed by atoms with Gasteiger partial charge in [-0.2, -0.15) is 8.42 Å². The zero-order valence-electron chi connectivity index (χ0n) is 18.0. The topological polar surface area (TPSA) is 83.8 Å². The van der Waals surface area contributed by atoms with Crippen molar-refractivity contribution in [3.05, 3.63) is 82.1 Å². The summed E-state index contributed by atoms with van der Waals surface area (Å²) in [7, 11) is -4.10. The fourth-order valence-electron chi connectivity index (χ4n) is 3.89. The second-order valence-corrected chi connectivity index (χ2v) is 11.9. The Morgan fingerprint density at radius 1 is 0.788 bits per heavy atom. The van der Waals surface area contributed by atoms with Crippen molar-refractivity contribution < 1.29 is 81.9 Å². The molecule has 0 radical (unpaired) electrons. The molecule has 0 saturated heterocycles. The molecule has 162 valence electrons. The molecule has 1 heterocycles. The van der Waals surface area contributed by atoms with Gasteiger partial charge in [-0.3, -0.25) is 0 Å². The molecule has 0 aliphatic carbocycles. The Morgan fingerprint density at radius 2 is 1.21 bits per heavy atom. The summed E-state index contributed by atoms with van der Waals surface area (Å²) in [6.07, 6.45) is 0. The molecule has 0 bridgehead atoms. The molecule has 12 heteroatoms. The fourth-order valence-corrected chi connectivity index (χ4v) is 7.55. The largest absolute Gasteiger partial charge is 1.00 e. The number of halogens is 4. The monoisotopic (exact) mass is 740 g/mol. The second-order valence-electron chi connectivity index (χ2n) is 7.10. The van der Waals surface area contributed by atoms with Crippen LogP contribution in [0.4, 0.5) is 0 Å². The Hall–Kier alpha value is 1.09. The first-order chi connectivity index (χ1) is 14.4. The molecule has 33 heavy (non-hydrogen) atoms. The van der Waals surface area contributed by atoms with Gasteiger partial charge in [0.1, 0.15) is 16.4 Å². The van der Waals surface area contributed by atoms with Gasteiger partial charge in [-0.15, -0.1) is 0 Å². The van der Waals surface area contributed by atoms with Gasteiger partial charge in [0.05, 0.1) is 17.9 Å². The van der Waals surface area contributed by atoms with Gasteiger partial charge in [-0.1, -0.05) is 18.2 Å². The third kappa shape index (κ3) is 4.75. The van der Waals surface area contributed by atoms with E-state index in [0.717, 1.165) is 0 Å². The molecule has 0 unspecified atom stereocenters. The molecule has 0 saturated carbocycles. The number of phenolic OH excluding ortho intramolecular Hbond substituents is 2. The van der Waals surface area contributed by atoms with Crippen molar-refractivity contribution >= 4 is 73.8 Å². The Labute approximate surface area is 269 Å². The van der Waals surface area contributed by atoms with Crippen LogP contribution in [0, 0.1) is 13.8 Å². The zero-order chi connectivity index (χ0) is 22.9. The molecule has 3 aromatic rings. The van der Waals surface area contributed by atoms with E-state index in [1.807, 2.05) is 0 Å². The van der Waals surface area contributed by atoms with Crippen LogP contribution in [0.2, 0.25) is 0 Å². The molecule has 0 atom stereocenters. The van der Waals surface area contributed by atoms with Crippen LogP contribution in [0.15, 0.2) is 59.2 Å². The number of phenols is 2. The van der Waals surface area contributed by atoms with Crippen LogP contribution in [-0.4, -0.2) is 18.6 Å². The average molecular weight is 744 g/mol. The van der Waals surface area contributed by atoms with Crippen LogP contribution in [0.25, 0.3) is 0 Å². The maximum Gasteiger partial charge on any atom is 1.00 e. The van der Waals surface area contributed by atoms with E-state index in [4.69, 9.17) is 4.18 Å². The first-order valence-corrected chi connectivity index (χ1v) is 13.4. The Bertz CT molecular complexity index is 1320. The summed E-state index contributed by atoms with van der Waals surface area (Å²) in [6, 6.07) is 9.91. The molecule has 0 aromatic heterocycles. The standard InChI is InChI=1S/C21H14Br4O5S.2Na/c1-9-12(7-14(22)19(26)17(9)24)21(13-8-15(23)20(27)18(25)10(13)2)11-5-3-4-6-16(11)31(28,29)30-21;;/h3-8,26-27H,1-2H3;;/q;2*+1. The first kappa shape index (κ1) is 30.3. The van der Waals surface area contributed by atoms with Crippen molar-refractivity contribution in [1.82, 2.24) is 0 Å². The predicted octanol–water partition coefficient (Wildman–Crippen LogP) is 0.783. The molecular formula is C21H14Br4Na2O5S+2. The van der Waals surface area contributed by atoms with Gasteiger partial charge >= 0.3 is 59.1 Å². The summed E-state index contributed by atoms with van der Waals surface area (Å²) >= 11 is 13.5. The summed E-state index contributed by atoms with van der Waals surface area (Å²) in [4.78, 5) is 0.0643. The third-order valence-corrected chi connectivity index (χ3v) is 9.92. The van der Waals surface area contributed by atoms with Gasteiger partial charge in [0.25, 0.3) is 10.1 Å². The first-order valence-electron chi connectivity index (χ1n) is 8.84. The number of hydrogen-bond donors (Lipinski definition) is 2. The Balaban J connectivity index is 0.00000193. The zero-order valence-corrected chi connectivity index (χ0v) is 29.2. The van der Waals surface area contributed by atoms with E-state index < -0.39 is 15.7 Å². The fraction of sp³-hybridized carbons (Fsp3) is 0.143. The van der Waals surface area contributed by atoms with E-state index in [1.54, 1.807) is 44.2 Å².